The average molecular weight is 433 g/mol. The lowest BCUT2D eigenvalue weighted by Gasteiger charge is -2.28. The van der Waals surface area contributed by atoms with Crippen LogP contribution in [-0.4, -0.2) is 32.7 Å². The minimum atomic E-state index is -0.160. The first kappa shape index (κ1) is 21.7. The molecule has 3 aromatic rings. The summed E-state index contributed by atoms with van der Waals surface area (Å²) in [5.74, 6) is 0.230. The molecular weight excluding hydrogens is 404 g/mol. The number of rotatable bonds is 6. The lowest BCUT2D eigenvalue weighted by Crippen LogP contribution is -2.25. The molecule has 0 spiro atoms. The number of amides is 1. The maximum Gasteiger partial charge on any atom is 0.309 e. The van der Waals surface area contributed by atoms with Gasteiger partial charge in [-0.05, 0) is 87.4 Å². The van der Waals surface area contributed by atoms with Gasteiger partial charge in [0.15, 0.2) is 0 Å². The second-order valence-corrected chi connectivity index (χ2v) is 8.50. The summed E-state index contributed by atoms with van der Waals surface area (Å²) in [6.07, 6.45) is 6.69. The van der Waals surface area contributed by atoms with E-state index in [4.69, 9.17) is 4.74 Å². The molecule has 166 valence electrons. The van der Waals surface area contributed by atoms with Crippen molar-refractivity contribution in [1.82, 2.24) is 14.8 Å². The van der Waals surface area contributed by atoms with E-state index in [9.17, 15) is 9.59 Å². The number of aromatic nitrogens is 3. The van der Waals surface area contributed by atoms with E-state index in [1.165, 1.54) is 11.9 Å². The van der Waals surface area contributed by atoms with Crippen LogP contribution >= 0.6 is 0 Å². The molecule has 7 nitrogen and oxygen atoms in total. The van der Waals surface area contributed by atoms with E-state index in [2.05, 4.69) is 27.5 Å². The number of nitrogens with one attached hydrogen (secondary N) is 1. The number of hydrogen-bond acceptors (Lipinski definition) is 5. The Morgan fingerprint density at radius 1 is 1.00 bits per heavy atom. The third-order valence-corrected chi connectivity index (χ3v) is 5.87. The predicted molar refractivity (Wildman–Crippen MR) is 122 cm³/mol. The number of ether oxygens (including phenoxy) is 1. The molecule has 32 heavy (non-hydrogen) atoms. The Morgan fingerprint density at radius 3 is 2.28 bits per heavy atom. The Hall–Kier alpha value is -3.48. The third-order valence-electron chi connectivity index (χ3n) is 5.87. The second-order valence-electron chi connectivity index (χ2n) is 8.50. The zero-order chi connectivity index (χ0) is 22.5. The highest BCUT2D eigenvalue weighted by Gasteiger charge is 2.28. The van der Waals surface area contributed by atoms with E-state index in [1.807, 2.05) is 38.1 Å². The number of esters is 1. The molecule has 1 aliphatic rings. The summed E-state index contributed by atoms with van der Waals surface area (Å²) in [7, 11) is 0. The fraction of sp³-hybridized carbons (Fsp3) is 0.360. The third kappa shape index (κ3) is 5.22. The Labute approximate surface area is 187 Å². The standard InChI is InChI=1S/C25H28N4O3/c1-17(2)32-25(31)21-5-3-18(4-6-21)19-7-11-22(12-8-19)28-24(30)20-9-13-23(14-10-20)29-16-26-15-27-29/h7-18,21H,3-6H2,1-2H3,(H,28,30)/t18-,21+. The van der Waals surface area contributed by atoms with E-state index < -0.39 is 0 Å². The van der Waals surface area contributed by atoms with Crippen LogP contribution in [0.1, 0.15) is 61.4 Å². The van der Waals surface area contributed by atoms with Crippen LogP contribution in [0.2, 0.25) is 0 Å². The minimum absolute atomic E-state index is 0.0168. The van der Waals surface area contributed by atoms with Crippen molar-refractivity contribution in [3.63, 3.8) is 0 Å². The molecule has 0 atom stereocenters. The van der Waals surface area contributed by atoms with Gasteiger partial charge in [-0.2, -0.15) is 5.10 Å². The largest absolute Gasteiger partial charge is 0.463 e. The number of nitrogens with zero attached hydrogens (tertiary/aromatic N) is 3. The van der Waals surface area contributed by atoms with Crippen molar-refractivity contribution in [3.8, 4) is 5.69 Å². The van der Waals surface area contributed by atoms with Crippen molar-refractivity contribution in [2.45, 2.75) is 51.6 Å². The van der Waals surface area contributed by atoms with Crippen LogP contribution < -0.4 is 5.32 Å². The molecule has 0 unspecified atom stereocenters. The molecule has 7 heteroatoms. The highest BCUT2D eigenvalue weighted by molar-refractivity contribution is 6.04. The van der Waals surface area contributed by atoms with Gasteiger partial charge < -0.3 is 10.1 Å². The van der Waals surface area contributed by atoms with Crippen molar-refractivity contribution < 1.29 is 14.3 Å². The summed E-state index contributed by atoms with van der Waals surface area (Å²) < 4.78 is 7.00. The van der Waals surface area contributed by atoms with E-state index in [0.717, 1.165) is 37.1 Å². The lowest BCUT2D eigenvalue weighted by atomic mass is 9.78. The Kier molecular flexibility index (Phi) is 6.63. The number of benzene rings is 2. The number of carbonyl (C=O) groups is 2. The maximum absolute atomic E-state index is 12.6. The molecule has 1 saturated carbocycles. The fourth-order valence-corrected chi connectivity index (χ4v) is 4.14. The number of hydrogen-bond donors (Lipinski definition) is 1. The van der Waals surface area contributed by atoms with Gasteiger partial charge in [0.25, 0.3) is 5.91 Å². The van der Waals surface area contributed by atoms with Crippen molar-refractivity contribution in [3.05, 3.63) is 72.3 Å². The topological polar surface area (TPSA) is 86.1 Å². The monoisotopic (exact) mass is 432 g/mol. The van der Waals surface area contributed by atoms with Crippen molar-refractivity contribution in [2.75, 3.05) is 5.32 Å². The van der Waals surface area contributed by atoms with E-state index >= 15 is 0 Å². The van der Waals surface area contributed by atoms with Gasteiger partial charge in [0.05, 0.1) is 17.7 Å². The Morgan fingerprint density at radius 2 is 1.69 bits per heavy atom. The van der Waals surface area contributed by atoms with Gasteiger partial charge >= 0.3 is 5.97 Å². The van der Waals surface area contributed by atoms with Gasteiger partial charge in [-0.15, -0.1) is 0 Å². The molecule has 2 aromatic carbocycles. The van der Waals surface area contributed by atoms with E-state index in [0.29, 0.717) is 11.5 Å². The fourth-order valence-electron chi connectivity index (χ4n) is 4.14. The van der Waals surface area contributed by atoms with Gasteiger partial charge in [0.2, 0.25) is 0 Å². The summed E-state index contributed by atoms with van der Waals surface area (Å²) in [6, 6.07) is 15.2. The quantitative estimate of drug-likeness (QED) is 0.568. The molecule has 1 N–H and O–H groups in total. The summed E-state index contributed by atoms with van der Waals surface area (Å²) in [5.41, 5.74) is 3.42. The normalized spacial score (nSPS) is 18.3. The molecule has 0 saturated heterocycles. The van der Waals surface area contributed by atoms with Crippen LogP contribution in [-0.2, 0) is 9.53 Å². The van der Waals surface area contributed by atoms with Gasteiger partial charge in [-0.1, -0.05) is 12.1 Å². The van der Waals surface area contributed by atoms with E-state index in [1.54, 1.807) is 23.1 Å². The van der Waals surface area contributed by atoms with Crippen LogP contribution in [0, 0.1) is 5.92 Å². The van der Waals surface area contributed by atoms with Crippen LogP contribution in [0.3, 0.4) is 0 Å². The summed E-state index contributed by atoms with van der Waals surface area (Å²) in [4.78, 5) is 28.6. The molecule has 0 aliphatic heterocycles. The molecule has 1 amide bonds. The summed E-state index contributed by atoms with van der Waals surface area (Å²) in [6.45, 7) is 3.77. The van der Waals surface area contributed by atoms with Gasteiger partial charge in [0.1, 0.15) is 12.7 Å². The zero-order valence-corrected chi connectivity index (χ0v) is 18.4. The van der Waals surface area contributed by atoms with Gasteiger partial charge in [0, 0.05) is 11.3 Å². The maximum atomic E-state index is 12.6. The van der Waals surface area contributed by atoms with Crippen molar-refractivity contribution >= 4 is 17.6 Å². The first-order valence-corrected chi connectivity index (χ1v) is 11.1. The lowest BCUT2D eigenvalue weighted by molar-refractivity contribution is -0.153. The van der Waals surface area contributed by atoms with Crippen LogP contribution in [0.15, 0.2) is 61.2 Å². The van der Waals surface area contributed by atoms with Crippen molar-refractivity contribution in [2.24, 2.45) is 5.92 Å². The summed E-state index contributed by atoms with van der Waals surface area (Å²) >= 11 is 0. The summed E-state index contributed by atoms with van der Waals surface area (Å²) in [5, 5.41) is 7.03. The molecule has 1 aromatic heterocycles. The molecule has 4 rings (SSSR count). The Bertz CT molecular complexity index is 1040. The first-order valence-electron chi connectivity index (χ1n) is 11.1. The first-order chi connectivity index (χ1) is 15.5. The highest BCUT2D eigenvalue weighted by atomic mass is 16.5. The predicted octanol–water partition coefficient (Wildman–Crippen LogP) is 4.75. The molecular formula is C25H28N4O3. The molecule has 1 fully saturated rings. The minimum Gasteiger partial charge on any atom is -0.463 e. The Balaban J connectivity index is 1.31. The molecule has 0 bridgehead atoms. The van der Waals surface area contributed by atoms with Crippen molar-refractivity contribution in [1.29, 1.82) is 0 Å². The van der Waals surface area contributed by atoms with Crippen LogP contribution in [0.5, 0.6) is 0 Å². The SMILES string of the molecule is CC(C)OC(=O)[C@H]1CC[C@@H](c2ccc(NC(=O)c3ccc(-n4cncn4)cc3)cc2)CC1. The highest BCUT2D eigenvalue weighted by Crippen LogP contribution is 2.36. The average Bonchev–Trinajstić information content (AvgIpc) is 3.34. The molecule has 1 heterocycles. The number of carbonyl (C=O) groups excluding carboxylic acids is 2. The van der Waals surface area contributed by atoms with Crippen LogP contribution in [0.4, 0.5) is 5.69 Å². The molecule has 1 aliphatic carbocycles. The smallest absolute Gasteiger partial charge is 0.309 e. The van der Waals surface area contributed by atoms with Gasteiger partial charge in [-0.3, -0.25) is 9.59 Å². The van der Waals surface area contributed by atoms with Crippen LogP contribution in [0.25, 0.3) is 5.69 Å². The molecule has 0 radical (unpaired) electrons. The van der Waals surface area contributed by atoms with Gasteiger partial charge in [-0.25, -0.2) is 9.67 Å². The second kappa shape index (κ2) is 9.77. The van der Waals surface area contributed by atoms with E-state index in [-0.39, 0.29) is 23.9 Å². The number of anilines is 1. The zero-order valence-electron chi connectivity index (χ0n) is 18.4.